The molecular weight excluding hydrogens is 817 g/mol. The molecule has 0 aliphatic carbocycles. The zero-order valence-corrected chi connectivity index (χ0v) is 44.0. The van der Waals surface area contributed by atoms with Gasteiger partial charge >= 0.3 is 17.9 Å². The Morgan fingerprint density at radius 3 is 0.864 bits per heavy atom. The summed E-state index contributed by atoms with van der Waals surface area (Å²) < 4.78 is 16.8. The molecule has 0 aromatic rings. The third-order valence-electron chi connectivity index (χ3n) is 12.6. The minimum Gasteiger partial charge on any atom is -0.462 e. The predicted molar refractivity (Wildman–Crippen MR) is 284 cm³/mol. The number of ether oxygens (including phenoxy) is 3. The highest BCUT2D eigenvalue weighted by Gasteiger charge is 2.19. The average Bonchev–Trinajstić information content (AvgIpc) is 3.31. The van der Waals surface area contributed by atoms with Crippen LogP contribution >= 0.6 is 0 Å². The fourth-order valence-electron chi connectivity index (χ4n) is 8.19. The Labute approximate surface area is 409 Å². The standard InChI is InChI=1S/C60H108O6/c1-4-7-10-13-16-19-22-25-27-29-30-31-33-35-38-41-44-47-50-53-59(62)65-56-57(55-64-58(61)52-49-46-43-40-37-34-24-21-18-15-12-9-6-3)66-60(63)54-51-48-45-42-39-36-32-28-26-23-20-17-14-11-8-5-2/h28-30,32,34,36-37,39,57H,4-27,31,33,35,38,40-56H2,1-3H3/b30-29-,32-28-,37-34-,39-36-. The zero-order valence-electron chi connectivity index (χ0n) is 44.0. The quantitative estimate of drug-likeness (QED) is 0.0199. The molecule has 384 valence electrons. The van der Waals surface area contributed by atoms with E-state index in [1.165, 1.54) is 173 Å². The van der Waals surface area contributed by atoms with Crippen LogP contribution in [0.15, 0.2) is 48.6 Å². The molecule has 0 radical (unpaired) electrons. The Morgan fingerprint density at radius 2 is 0.545 bits per heavy atom. The van der Waals surface area contributed by atoms with Gasteiger partial charge in [0.1, 0.15) is 13.2 Å². The van der Waals surface area contributed by atoms with Gasteiger partial charge in [-0.1, -0.05) is 230 Å². The maximum absolute atomic E-state index is 12.8. The first-order chi connectivity index (χ1) is 32.5. The van der Waals surface area contributed by atoms with Crippen molar-refractivity contribution in [1.29, 1.82) is 0 Å². The second kappa shape index (κ2) is 55.0. The molecule has 0 bridgehead atoms. The first-order valence-electron chi connectivity index (χ1n) is 28.7. The van der Waals surface area contributed by atoms with Crippen molar-refractivity contribution in [2.45, 2.75) is 303 Å². The van der Waals surface area contributed by atoms with Crippen molar-refractivity contribution in [3.05, 3.63) is 48.6 Å². The van der Waals surface area contributed by atoms with E-state index in [2.05, 4.69) is 69.4 Å². The highest BCUT2D eigenvalue weighted by Crippen LogP contribution is 2.15. The van der Waals surface area contributed by atoms with Crippen LogP contribution in [0.5, 0.6) is 0 Å². The topological polar surface area (TPSA) is 78.9 Å². The number of hydrogen-bond donors (Lipinski definition) is 0. The largest absolute Gasteiger partial charge is 0.462 e. The maximum Gasteiger partial charge on any atom is 0.306 e. The molecule has 1 atom stereocenters. The van der Waals surface area contributed by atoms with Gasteiger partial charge in [-0.05, 0) is 96.3 Å². The average molecular weight is 926 g/mol. The van der Waals surface area contributed by atoms with E-state index in [-0.39, 0.29) is 31.1 Å². The van der Waals surface area contributed by atoms with E-state index in [0.29, 0.717) is 19.3 Å². The van der Waals surface area contributed by atoms with Gasteiger partial charge in [0.05, 0.1) is 0 Å². The molecule has 6 heteroatoms. The highest BCUT2D eigenvalue weighted by molar-refractivity contribution is 5.71. The van der Waals surface area contributed by atoms with Crippen LogP contribution in [0.25, 0.3) is 0 Å². The van der Waals surface area contributed by atoms with Crippen LogP contribution in [-0.2, 0) is 28.6 Å². The molecule has 0 saturated heterocycles. The molecule has 0 saturated carbocycles. The van der Waals surface area contributed by atoms with Crippen LogP contribution in [0.4, 0.5) is 0 Å². The summed E-state index contributed by atoms with van der Waals surface area (Å²) in [6.45, 7) is 6.61. The van der Waals surface area contributed by atoms with Crippen molar-refractivity contribution in [2.24, 2.45) is 0 Å². The Hall–Kier alpha value is -2.63. The number of carbonyl (C=O) groups is 3. The van der Waals surface area contributed by atoms with Gasteiger partial charge in [0, 0.05) is 19.3 Å². The van der Waals surface area contributed by atoms with Gasteiger partial charge in [-0.25, -0.2) is 0 Å². The molecule has 0 aromatic carbocycles. The third kappa shape index (κ3) is 52.3. The number of unbranched alkanes of at least 4 members (excludes halogenated alkanes) is 34. The second-order valence-electron chi connectivity index (χ2n) is 19.2. The predicted octanol–water partition coefficient (Wildman–Crippen LogP) is 19.0. The summed E-state index contributed by atoms with van der Waals surface area (Å²) in [6, 6.07) is 0. The molecule has 0 aliphatic rings. The van der Waals surface area contributed by atoms with Crippen LogP contribution in [0.3, 0.4) is 0 Å². The van der Waals surface area contributed by atoms with E-state index in [1.807, 2.05) is 0 Å². The number of allylic oxidation sites excluding steroid dienone is 8. The summed E-state index contributed by atoms with van der Waals surface area (Å²) in [6.07, 6.45) is 66.7. The van der Waals surface area contributed by atoms with E-state index < -0.39 is 6.10 Å². The lowest BCUT2D eigenvalue weighted by atomic mass is 10.1. The van der Waals surface area contributed by atoms with E-state index >= 15 is 0 Å². The monoisotopic (exact) mass is 925 g/mol. The summed E-state index contributed by atoms with van der Waals surface area (Å²) in [7, 11) is 0. The van der Waals surface area contributed by atoms with Crippen molar-refractivity contribution in [2.75, 3.05) is 13.2 Å². The van der Waals surface area contributed by atoms with Gasteiger partial charge in [-0.15, -0.1) is 0 Å². The fraction of sp³-hybridized carbons (Fsp3) is 0.817. The van der Waals surface area contributed by atoms with E-state index in [4.69, 9.17) is 14.2 Å². The smallest absolute Gasteiger partial charge is 0.306 e. The van der Waals surface area contributed by atoms with Crippen molar-refractivity contribution < 1.29 is 28.6 Å². The second-order valence-corrected chi connectivity index (χ2v) is 19.2. The summed E-state index contributed by atoms with van der Waals surface area (Å²) in [5.41, 5.74) is 0. The molecule has 0 N–H and O–H groups in total. The lowest BCUT2D eigenvalue weighted by Gasteiger charge is -2.18. The Morgan fingerprint density at radius 1 is 0.303 bits per heavy atom. The molecular formula is C60H108O6. The molecule has 0 heterocycles. The summed E-state index contributed by atoms with van der Waals surface area (Å²) in [5, 5.41) is 0. The SMILES string of the molecule is CCCCCCCC/C=C\CCCCCC(=O)OCC(COC(=O)CCCCCCCCC/C=C\CCCCCCCCCC)OC(=O)CCCCC/C=C\C=C/CCCCCCCCC. The van der Waals surface area contributed by atoms with Crippen molar-refractivity contribution in [1.82, 2.24) is 0 Å². The molecule has 0 aromatic heterocycles. The lowest BCUT2D eigenvalue weighted by Crippen LogP contribution is -2.30. The van der Waals surface area contributed by atoms with Crippen LogP contribution < -0.4 is 0 Å². The molecule has 66 heavy (non-hydrogen) atoms. The molecule has 0 rings (SSSR count). The van der Waals surface area contributed by atoms with Crippen molar-refractivity contribution in [3.8, 4) is 0 Å². The Bertz CT molecular complexity index is 1150. The van der Waals surface area contributed by atoms with E-state index in [9.17, 15) is 14.4 Å². The first-order valence-corrected chi connectivity index (χ1v) is 28.7. The first kappa shape index (κ1) is 63.4. The number of rotatable bonds is 52. The maximum atomic E-state index is 12.8. The van der Waals surface area contributed by atoms with Crippen LogP contribution in [0, 0.1) is 0 Å². The van der Waals surface area contributed by atoms with Gasteiger partial charge in [0.25, 0.3) is 0 Å². The van der Waals surface area contributed by atoms with Gasteiger partial charge < -0.3 is 14.2 Å². The molecule has 6 nitrogen and oxygen atoms in total. The summed E-state index contributed by atoms with van der Waals surface area (Å²) in [5.74, 6) is -0.926. The third-order valence-corrected chi connectivity index (χ3v) is 12.6. The number of esters is 3. The molecule has 0 amide bonds. The Balaban J connectivity index is 4.40. The molecule has 1 unspecified atom stereocenters. The van der Waals surface area contributed by atoms with Gasteiger partial charge in [-0.2, -0.15) is 0 Å². The molecule has 0 aliphatic heterocycles. The van der Waals surface area contributed by atoms with Gasteiger partial charge in [-0.3, -0.25) is 14.4 Å². The van der Waals surface area contributed by atoms with Crippen molar-refractivity contribution in [3.63, 3.8) is 0 Å². The zero-order chi connectivity index (χ0) is 47.9. The normalized spacial score (nSPS) is 12.3. The Kier molecular flexibility index (Phi) is 52.8. The van der Waals surface area contributed by atoms with Crippen LogP contribution in [0.1, 0.15) is 297 Å². The van der Waals surface area contributed by atoms with Gasteiger partial charge in [0.15, 0.2) is 6.10 Å². The molecule has 0 fully saturated rings. The fourth-order valence-corrected chi connectivity index (χ4v) is 8.19. The number of carbonyl (C=O) groups excluding carboxylic acids is 3. The lowest BCUT2D eigenvalue weighted by molar-refractivity contribution is -0.167. The van der Waals surface area contributed by atoms with Crippen LogP contribution in [-0.4, -0.2) is 37.2 Å². The van der Waals surface area contributed by atoms with E-state index in [0.717, 1.165) is 83.5 Å². The minimum atomic E-state index is -0.794. The van der Waals surface area contributed by atoms with E-state index in [1.54, 1.807) is 0 Å². The highest BCUT2D eigenvalue weighted by atomic mass is 16.6. The number of hydrogen-bond acceptors (Lipinski definition) is 6. The summed E-state index contributed by atoms with van der Waals surface area (Å²) in [4.78, 5) is 38.1. The van der Waals surface area contributed by atoms with Crippen molar-refractivity contribution >= 4 is 17.9 Å². The van der Waals surface area contributed by atoms with Crippen LogP contribution in [0.2, 0.25) is 0 Å². The minimum absolute atomic E-state index is 0.0895. The molecule has 0 spiro atoms. The summed E-state index contributed by atoms with van der Waals surface area (Å²) >= 11 is 0. The van der Waals surface area contributed by atoms with Gasteiger partial charge in [0.2, 0.25) is 0 Å².